The van der Waals surface area contributed by atoms with Gasteiger partial charge in [0.2, 0.25) is 0 Å². The average molecular weight is 385 g/mol. The second-order valence-electron chi connectivity index (χ2n) is 8.11. The van der Waals surface area contributed by atoms with Gasteiger partial charge >= 0.3 is 0 Å². The van der Waals surface area contributed by atoms with Gasteiger partial charge in [-0.15, -0.1) is 0 Å². The molecule has 0 atom stereocenters. The van der Waals surface area contributed by atoms with Crippen LogP contribution in [0.1, 0.15) is 45.7 Å². The SMILES string of the molecule is Cc1ccc(C(=O)Nc2cccnc2)cc1Nc1ccc2c(c1)CC(C)(C)C2=O. The minimum Gasteiger partial charge on any atom is -0.355 e. The molecule has 1 aliphatic rings. The highest BCUT2D eigenvalue weighted by molar-refractivity contribution is 6.05. The molecule has 4 rings (SSSR count). The first-order valence-corrected chi connectivity index (χ1v) is 9.60. The van der Waals surface area contributed by atoms with E-state index in [4.69, 9.17) is 0 Å². The van der Waals surface area contributed by atoms with Crippen LogP contribution < -0.4 is 10.6 Å². The van der Waals surface area contributed by atoms with Gasteiger partial charge in [0.25, 0.3) is 5.91 Å². The number of nitrogens with one attached hydrogen (secondary N) is 2. The van der Waals surface area contributed by atoms with Crippen LogP contribution in [0, 0.1) is 12.3 Å². The zero-order chi connectivity index (χ0) is 20.6. The van der Waals surface area contributed by atoms with Crippen molar-refractivity contribution >= 4 is 28.8 Å². The van der Waals surface area contributed by atoms with E-state index >= 15 is 0 Å². The van der Waals surface area contributed by atoms with Crippen LogP contribution in [0.5, 0.6) is 0 Å². The third-order valence-corrected chi connectivity index (χ3v) is 5.30. The maximum Gasteiger partial charge on any atom is 0.255 e. The summed E-state index contributed by atoms with van der Waals surface area (Å²) in [6.45, 7) is 5.96. The zero-order valence-corrected chi connectivity index (χ0v) is 16.7. The first kappa shape index (κ1) is 18.9. The van der Waals surface area contributed by atoms with E-state index in [1.165, 1.54) is 0 Å². The molecule has 1 aromatic heterocycles. The normalized spacial score (nSPS) is 14.4. The summed E-state index contributed by atoms with van der Waals surface area (Å²) in [5.74, 6) is 0.00616. The van der Waals surface area contributed by atoms with E-state index in [2.05, 4.69) is 15.6 Å². The maximum absolute atomic E-state index is 12.6. The van der Waals surface area contributed by atoms with Crippen LogP contribution in [0.2, 0.25) is 0 Å². The van der Waals surface area contributed by atoms with Crippen molar-refractivity contribution in [3.8, 4) is 0 Å². The van der Waals surface area contributed by atoms with Crippen LogP contribution in [0.15, 0.2) is 60.9 Å². The monoisotopic (exact) mass is 385 g/mol. The number of Topliss-reactive ketones (excluding diaryl/α,β-unsaturated/α-hetero) is 1. The molecule has 5 nitrogen and oxygen atoms in total. The molecule has 0 spiro atoms. The van der Waals surface area contributed by atoms with E-state index < -0.39 is 0 Å². The molecule has 5 heteroatoms. The predicted molar refractivity (Wildman–Crippen MR) is 115 cm³/mol. The number of hydrogen-bond donors (Lipinski definition) is 2. The van der Waals surface area contributed by atoms with E-state index in [9.17, 15) is 9.59 Å². The summed E-state index contributed by atoms with van der Waals surface area (Å²) in [5.41, 5.74) is 5.52. The Morgan fingerprint density at radius 3 is 2.66 bits per heavy atom. The van der Waals surface area contributed by atoms with Crippen LogP contribution >= 0.6 is 0 Å². The second-order valence-corrected chi connectivity index (χ2v) is 8.11. The molecule has 1 aliphatic carbocycles. The van der Waals surface area contributed by atoms with Gasteiger partial charge < -0.3 is 10.6 Å². The van der Waals surface area contributed by atoms with Crippen molar-refractivity contribution in [2.24, 2.45) is 5.41 Å². The van der Waals surface area contributed by atoms with E-state index in [0.29, 0.717) is 11.3 Å². The van der Waals surface area contributed by atoms with Crippen molar-refractivity contribution in [2.75, 3.05) is 10.6 Å². The van der Waals surface area contributed by atoms with Gasteiger partial charge in [-0.05, 0) is 66.9 Å². The van der Waals surface area contributed by atoms with Crippen LogP contribution in [0.3, 0.4) is 0 Å². The van der Waals surface area contributed by atoms with Crippen molar-refractivity contribution in [1.82, 2.24) is 4.98 Å². The number of benzene rings is 2. The Labute approximate surface area is 170 Å². The molecule has 0 aliphatic heterocycles. The second kappa shape index (κ2) is 7.17. The first-order chi connectivity index (χ1) is 13.8. The van der Waals surface area contributed by atoms with Crippen molar-refractivity contribution in [3.05, 3.63) is 83.2 Å². The number of rotatable bonds is 4. The van der Waals surface area contributed by atoms with Crippen molar-refractivity contribution < 1.29 is 9.59 Å². The highest BCUT2D eigenvalue weighted by Crippen LogP contribution is 2.37. The fraction of sp³-hybridized carbons (Fsp3) is 0.208. The van der Waals surface area contributed by atoms with Gasteiger partial charge in [0.15, 0.2) is 5.78 Å². The van der Waals surface area contributed by atoms with E-state index in [1.54, 1.807) is 30.6 Å². The largest absolute Gasteiger partial charge is 0.355 e. The summed E-state index contributed by atoms with van der Waals surface area (Å²) >= 11 is 0. The number of carbonyl (C=O) groups excluding carboxylic acids is 2. The van der Waals surface area contributed by atoms with Crippen LogP contribution in [0.25, 0.3) is 0 Å². The number of carbonyl (C=O) groups is 2. The van der Waals surface area contributed by atoms with E-state index in [1.807, 2.05) is 51.1 Å². The zero-order valence-electron chi connectivity index (χ0n) is 16.7. The number of hydrogen-bond acceptors (Lipinski definition) is 4. The lowest BCUT2D eigenvalue weighted by molar-refractivity contribution is 0.0863. The highest BCUT2D eigenvalue weighted by atomic mass is 16.1. The molecule has 1 heterocycles. The standard InChI is InChI=1S/C24H23N3O2/c1-15-6-7-16(23(29)27-19-5-4-10-25-14-19)12-21(15)26-18-8-9-20-17(11-18)13-24(2,3)22(20)28/h4-12,14,26H,13H2,1-3H3,(H,27,29). The van der Waals surface area contributed by atoms with Crippen LogP contribution in [-0.2, 0) is 6.42 Å². The Bertz CT molecular complexity index is 1100. The van der Waals surface area contributed by atoms with Crippen LogP contribution in [-0.4, -0.2) is 16.7 Å². The molecule has 0 fully saturated rings. The average Bonchev–Trinajstić information content (AvgIpc) is 2.92. The number of aromatic nitrogens is 1. The molecular formula is C24H23N3O2. The number of fused-ring (bicyclic) bond motifs is 1. The minimum atomic E-state index is -0.346. The Hall–Kier alpha value is -3.47. The van der Waals surface area contributed by atoms with Crippen molar-refractivity contribution in [2.45, 2.75) is 27.2 Å². The number of nitrogens with zero attached hydrogens (tertiary/aromatic N) is 1. The summed E-state index contributed by atoms with van der Waals surface area (Å²) in [4.78, 5) is 29.0. The number of anilines is 3. The van der Waals surface area contributed by atoms with Gasteiger partial charge in [-0.3, -0.25) is 14.6 Å². The molecule has 1 amide bonds. The molecule has 2 aromatic carbocycles. The molecule has 146 valence electrons. The maximum atomic E-state index is 12.6. The number of amides is 1. The topological polar surface area (TPSA) is 71.1 Å². The molecule has 0 saturated carbocycles. The molecule has 29 heavy (non-hydrogen) atoms. The summed E-state index contributed by atoms with van der Waals surface area (Å²) in [5, 5.41) is 6.25. The third kappa shape index (κ3) is 3.76. The Morgan fingerprint density at radius 2 is 1.90 bits per heavy atom. The van der Waals surface area contributed by atoms with Gasteiger partial charge in [0.1, 0.15) is 0 Å². The van der Waals surface area contributed by atoms with E-state index in [0.717, 1.165) is 34.5 Å². The fourth-order valence-electron chi connectivity index (χ4n) is 3.65. The predicted octanol–water partition coefficient (Wildman–Crippen LogP) is 5.15. The lowest BCUT2D eigenvalue weighted by Gasteiger charge is -2.13. The number of ketones is 1. The Balaban J connectivity index is 1.56. The number of pyridine rings is 1. The van der Waals surface area contributed by atoms with E-state index in [-0.39, 0.29) is 17.1 Å². The molecular weight excluding hydrogens is 362 g/mol. The first-order valence-electron chi connectivity index (χ1n) is 9.60. The molecule has 2 N–H and O–H groups in total. The molecule has 3 aromatic rings. The molecule has 0 bridgehead atoms. The van der Waals surface area contributed by atoms with Crippen LogP contribution in [0.4, 0.5) is 17.1 Å². The number of aryl methyl sites for hydroxylation is 1. The molecule has 0 saturated heterocycles. The summed E-state index contributed by atoms with van der Waals surface area (Å²) in [6, 6.07) is 15.0. The minimum absolute atomic E-state index is 0.192. The quantitative estimate of drug-likeness (QED) is 0.651. The van der Waals surface area contributed by atoms with Gasteiger partial charge in [-0.1, -0.05) is 19.9 Å². The molecule has 0 radical (unpaired) electrons. The smallest absolute Gasteiger partial charge is 0.255 e. The third-order valence-electron chi connectivity index (χ3n) is 5.30. The van der Waals surface area contributed by atoms with Gasteiger partial charge in [-0.2, -0.15) is 0 Å². The fourth-order valence-corrected chi connectivity index (χ4v) is 3.65. The van der Waals surface area contributed by atoms with Crippen molar-refractivity contribution in [1.29, 1.82) is 0 Å². The van der Waals surface area contributed by atoms with Gasteiger partial charge in [-0.25, -0.2) is 0 Å². The Morgan fingerprint density at radius 1 is 1.07 bits per heavy atom. The summed E-state index contributed by atoms with van der Waals surface area (Å²) < 4.78 is 0. The summed E-state index contributed by atoms with van der Waals surface area (Å²) in [6.07, 6.45) is 4.01. The van der Waals surface area contributed by atoms with Gasteiger partial charge in [0, 0.05) is 34.1 Å². The summed E-state index contributed by atoms with van der Waals surface area (Å²) in [7, 11) is 0. The molecule has 0 unspecified atom stereocenters. The highest BCUT2D eigenvalue weighted by Gasteiger charge is 2.37. The lowest BCUT2D eigenvalue weighted by Crippen LogP contribution is -2.18. The van der Waals surface area contributed by atoms with Gasteiger partial charge in [0.05, 0.1) is 11.9 Å². The Kier molecular flexibility index (Phi) is 4.66. The van der Waals surface area contributed by atoms with Crippen molar-refractivity contribution in [3.63, 3.8) is 0 Å². The lowest BCUT2D eigenvalue weighted by atomic mass is 9.89.